The normalized spacial score (nSPS) is 9.75. The molecule has 0 aromatic carbocycles. The Hall–Kier alpha value is -0.790. The van der Waals surface area contributed by atoms with E-state index in [1.54, 1.807) is 0 Å². The minimum atomic E-state index is -0.170. The van der Waals surface area contributed by atoms with Crippen LogP contribution < -0.4 is 0 Å². The molecule has 0 radical (unpaired) electrons. The van der Waals surface area contributed by atoms with Crippen LogP contribution >= 0.6 is 0 Å². The maximum Gasteiger partial charge on any atom is 0.302 e. The molecule has 0 aromatic rings. The van der Waals surface area contributed by atoms with Gasteiger partial charge in [0.2, 0.25) is 0 Å². The molecule has 0 aliphatic heterocycles. The Morgan fingerprint density at radius 3 is 1.94 bits per heavy atom. The molecule has 0 N–H and O–H groups in total. The molecule has 0 heterocycles. The van der Waals surface area contributed by atoms with Gasteiger partial charge in [0.15, 0.2) is 0 Å². The summed E-state index contributed by atoms with van der Waals surface area (Å²) in [5.74, 6) is -0.170. The Kier molecular flexibility index (Phi) is 18.3. The van der Waals surface area contributed by atoms with Crippen LogP contribution in [0.4, 0.5) is 0 Å². The highest BCUT2D eigenvalue weighted by Gasteiger charge is 1.91. The van der Waals surface area contributed by atoms with Gasteiger partial charge in [0.1, 0.15) is 0 Å². The van der Waals surface area contributed by atoms with Gasteiger partial charge in [-0.1, -0.05) is 52.2 Å². The molecule has 96 valence electrons. The second kappa shape index (κ2) is 16.6. The summed E-state index contributed by atoms with van der Waals surface area (Å²) in [6.07, 6.45) is 11.3. The lowest BCUT2D eigenvalue weighted by Gasteiger charge is -1.99. The van der Waals surface area contributed by atoms with E-state index in [0.29, 0.717) is 6.61 Å². The number of allylic oxidation sites excluding steroid dienone is 2. The van der Waals surface area contributed by atoms with Gasteiger partial charge >= 0.3 is 5.97 Å². The van der Waals surface area contributed by atoms with E-state index in [1.807, 2.05) is 0 Å². The molecule has 2 heteroatoms. The number of rotatable bonds is 7. The first-order valence-corrected chi connectivity index (χ1v) is 6.47. The Labute approximate surface area is 101 Å². The largest absolute Gasteiger partial charge is 0.466 e. The predicted octanol–water partition coefficient (Wildman–Crippen LogP) is 4.49. The molecule has 0 saturated carbocycles. The predicted molar refractivity (Wildman–Crippen MR) is 70.5 cm³/mol. The van der Waals surface area contributed by atoms with Gasteiger partial charge in [-0.3, -0.25) is 4.79 Å². The lowest BCUT2D eigenvalue weighted by atomic mass is 10.2. The average Bonchev–Trinajstić information content (AvgIpc) is 2.26. The minimum Gasteiger partial charge on any atom is -0.466 e. The number of unbranched alkanes of at least 4 members (excludes halogenated alkanes) is 3. The number of carbonyl (C=O) groups is 1. The van der Waals surface area contributed by atoms with Crippen molar-refractivity contribution in [3.63, 3.8) is 0 Å². The van der Waals surface area contributed by atoms with Gasteiger partial charge in [0.25, 0.3) is 0 Å². The topological polar surface area (TPSA) is 26.3 Å². The molecule has 0 saturated heterocycles. The molecule has 0 aliphatic carbocycles. The van der Waals surface area contributed by atoms with Crippen LogP contribution in [0, 0.1) is 0 Å². The number of esters is 1. The molecule has 0 atom stereocenters. The zero-order chi connectivity index (χ0) is 12.6. The molecule has 0 spiro atoms. The summed E-state index contributed by atoms with van der Waals surface area (Å²) in [7, 11) is 0. The quantitative estimate of drug-likeness (QED) is 0.364. The summed E-state index contributed by atoms with van der Waals surface area (Å²) in [5, 5.41) is 0. The third kappa shape index (κ3) is 23.2. The molecule has 0 aromatic heterocycles. The summed E-state index contributed by atoms with van der Waals surface area (Å²) in [4.78, 5) is 10.3. The van der Waals surface area contributed by atoms with Crippen molar-refractivity contribution in [1.82, 2.24) is 0 Å². The van der Waals surface area contributed by atoms with Crippen molar-refractivity contribution < 1.29 is 9.53 Å². The van der Waals surface area contributed by atoms with Crippen LogP contribution in [-0.4, -0.2) is 12.6 Å². The van der Waals surface area contributed by atoms with Gasteiger partial charge < -0.3 is 4.74 Å². The molecule has 2 nitrogen and oxygen atoms in total. The number of hydrogen-bond acceptors (Lipinski definition) is 2. The lowest BCUT2D eigenvalue weighted by Crippen LogP contribution is -1.99. The SMILES string of the molecule is CCC=CCC.CCCCCCOC(C)=O. The van der Waals surface area contributed by atoms with Crippen LogP contribution in [-0.2, 0) is 9.53 Å². The van der Waals surface area contributed by atoms with Crippen LogP contribution in [0.25, 0.3) is 0 Å². The van der Waals surface area contributed by atoms with Crippen molar-refractivity contribution in [2.24, 2.45) is 0 Å². The number of carbonyl (C=O) groups excluding carboxylic acids is 1. The molecule has 16 heavy (non-hydrogen) atoms. The Morgan fingerprint density at radius 2 is 1.56 bits per heavy atom. The second-order valence-electron chi connectivity index (χ2n) is 3.69. The molecular formula is C14H28O2. The molecule has 0 rings (SSSR count). The van der Waals surface area contributed by atoms with Crippen molar-refractivity contribution >= 4 is 5.97 Å². The van der Waals surface area contributed by atoms with Gasteiger partial charge in [0, 0.05) is 6.92 Å². The van der Waals surface area contributed by atoms with Crippen LogP contribution in [0.3, 0.4) is 0 Å². The zero-order valence-corrected chi connectivity index (χ0v) is 11.4. The number of ether oxygens (including phenoxy) is 1. The fourth-order valence-electron chi connectivity index (χ4n) is 1.08. The molecular weight excluding hydrogens is 200 g/mol. The molecule has 0 aliphatic rings. The fraction of sp³-hybridized carbons (Fsp3) is 0.786. The van der Waals surface area contributed by atoms with E-state index < -0.39 is 0 Å². The highest BCUT2D eigenvalue weighted by molar-refractivity contribution is 5.65. The highest BCUT2D eigenvalue weighted by atomic mass is 16.5. The fourth-order valence-corrected chi connectivity index (χ4v) is 1.08. The van der Waals surface area contributed by atoms with Gasteiger partial charge in [-0.25, -0.2) is 0 Å². The summed E-state index contributed by atoms with van der Waals surface area (Å²) in [5.41, 5.74) is 0. The van der Waals surface area contributed by atoms with Crippen LogP contribution in [0.1, 0.15) is 66.2 Å². The number of hydrogen-bond donors (Lipinski definition) is 0. The molecule has 0 amide bonds. The van der Waals surface area contributed by atoms with E-state index >= 15 is 0 Å². The van der Waals surface area contributed by atoms with Gasteiger partial charge in [-0.05, 0) is 19.3 Å². The van der Waals surface area contributed by atoms with Crippen LogP contribution in [0.5, 0.6) is 0 Å². The summed E-state index contributed by atoms with van der Waals surface area (Å²) in [6, 6.07) is 0. The van der Waals surface area contributed by atoms with Crippen molar-refractivity contribution in [2.45, 2.75) is 66.2 Å². The first-order chi connectivity index (χ1) is 7.68. The van der Waals surface area contributed by atoms with Gasteiger partial charge in [-0.2, -0.15) is 0 Å². The first kappa shape index (κ1) is 17.6. The van der Waals surface area contributed by atoms with E-state index in [4.69, 9.17) is 4.74 Å². The van der Waals surface area contributed by atoms with E-state index in [9.17, 15) is 4.79 Å². The Balaban J connectivity index is 0. The lowest BCUT2D eigenvalue weighted by molar-refractivity contribution is -0.141. The minimum absolute atomic E-state index is 0.170. The van der Waals surface area contributed by atoms with Crippen molar-refractivity contribution in [1.29, 1.82) is 0 Å². The summed E-state index contributed by atoms with van der Waals surface area (Å²) < 4.78 is 4.75. The summed E-state index contributed by atoms with van der Waals surface area (Å²) in [6.45, 7) is 8.49. The maximum absolute atomic E-state index is 10.3. The van der Waals surface area contributed by atoms with E-state index in [-0.39, 0.29) is 5.97 Å². The Morgan fingerprint density at radius 1 is 1.00 bits per heavy atom. The highest BCUT2D eigenvalue weighted by Crippen LogP contribution is 1.98. The third-order valence-electron chi connectivity index (χ3n) is 1.94. The molecule has 0 bridgehead atoms. The van der Waals surface area contributed by atoms with E-state index in [1.165, 1.54) is 39.0 Å². The van der Waals surface area contributed by atoms with Crippen molar-refractivity contribution in [3.8, 4) is 0 Å². The molecule has 0 unspecified atom stereocenters. The van der Waals surface area contributed by atoms with Crippen molar-refractivity contribution in [2.75, 3.05) is 6.61 Å². The van der Waals surface area contributed by atoms with Gasteiger partial charge in [-0.15, -0.1) is 0 Å². The average molecular weight is 228 g/mol. The van der Waals surface area contributed by atoms with Gasteiger partial charge in [0.05, 0.1) is 6.61 Å². The van der Waals surface area contributed by atoms with E-state index in [2.05, 4.69) is 32.9 Å². The van der Waals surface area contributed by atoms with Crippen molar-refractivity contribution in [3.05, 3.63) is 12.2 Å². The monoisotopic (exact) mass is 228 g/mol. The van der Waals surface area contributed by atoms with Crippen LogP contribution in [0.15, 0.2) is 12.2 Å². The smallest absolute Gasteiger partial charge is 0.302 e. The Bertz CT molecular complexity index is 156. The second-order valence-corrected chi connectivity index (χ2v) is 3.69. The maximum atomic E-state index is 10.3. The summed E-state index contributed by atoms with van der Waals surface area (Å²) >= 11 is 0. The standard InChI is InChI=1S/C8H16O2.C6H12/c1-3-4-5-6-7-10-8(2)9;1-3-5-6-4-2/h3-7H2,1-2H3;5-6H,3-4H2,1-2H3. The zero-order valence-electron chi connectivity index (χ0n) is 11.4. The van der Waals surface area contributed by atoms with E-state index in [0.717, 1.165) is 6.42 Å². The third-order valence-corrected chi connectivity index (χ3v) is 1.94. The molecule has 0 fully saturated rings. The first-order valence-electron chi connectivity index (χ1n) is 6.47. The van der Waals surface area contributed by atoms with Crippen LogP contribution in [0.2, 0.25) is 0 Å².